The molecule has 2 heterocycles. The van der Waals surface area contributed by atoms with Crippen LogP contribution in [0.25, 0.3) is 10.2 Å². The average molecular weight is 355 g/mol. The molecule has 0 amide bonds. The zero-order chi connectivity index (χ0) is 18.1. The number of fused-ring (bicyclic) bond motifs is 1. The summed E-state index contributed by atoms with van der Waals surface area (Å²) in [7, 11) is 0. The fourth-order valence-electron chi connectivity index (χ4n) is 2.52. The highest BCUT2D eigenvalue weighted by molar-refractivity contribution is 7.20. The molecule has 0 aliphatic carbocycles. The molecule has 2 aromatic heterocycles. The lowest BCUT2D eigenvalue weighted by molar-refractivity contribution is 0.0532. The number of nitrogen functional groups attached to an aromatic ring is 1. The molecule has 2 N–H and O–H groups in total. The lowest BCUT2D eigenvalue weighted by atomic mass is 9.99. The third-order valence-electron chi connectivity index (χ3n) is 3.74. The highest BCUT2D eigenvalue weighted by atomic mass is 32.1. The molecule has 0 fully saturated rings. The smallest absolute Gasteiger partial charge is 0.348 e. The number of rotatable bonds is 4. The molecule has 3 rings (SSSR count). The molecule has 1 aromatic carbocycles. The molecule has 0 saturated carbocycles. The molecule has 128 valence electrons. The predicted octanol–water partition coefficient (Wildman–Crippen LogP) is 3.30. The van der Waals surface area contributed by atoms with E-state index in [1.165, 1.54) is 0 Å². The summed E-state index contributed by atoms with van der Waals surface area (Å²) in [6, 6.07) is 7.25. The first kappa shape index (κ1) is 17.0. The Morgan fingerprint density at radius 2 is 1.96 bits per heavy atom. The van der Waals surface area contributed by atoms with Gasteiger partial charge in [0.1, 0.15) is 15.4 Å². The summed E-state index contributed by atoms with van der Waals surface area (Å²) in [5.74, 6) is -0.693. The molecule has 0 aliphatic rings. The highest BCUT2D eigenvalue weighted by Gasteiger charge is 2.22. The fourth-order valence-corrected chi connectivity index (χ4v) is 3.45. The maximum absolute atomic E-state index is 13.0. The van der Waals surface area contributed by atoms with Gasteiger partial charge in [-0.2, -0.15) is 0 Å². The minimum atomic E-state index is -0.450. The molecule has 0 spiro atoms. The summed E-state index contributed by atoms with van der Waals surface area (Å²) in [6.45, 7) is 5.79. The maximum Gasteiger partial charge on any atom is 0.348 e. The second-order valence-corrected chi connectivity index (χ2v) is 6.66. The highest BCUT2D eigenvalue weighted by Crippen LogP contribution is 2.29. The van der Waals surface area contributed by atoms with Crippen LogP contribution in [-0.2, 0) is 4.74 Å². The molecular formula is C18H17N3O3S. The number of anilines is 1. The van der Waals surface area contributed by atoms with Crippen molar-refractivity contribution >= 4 is 39.3 Å². The van der Waals surface area contributed by atoms with Crippen LogP contribution in [0.15, 0.2) is 24.3 Å². The van der Waals surface area contributed by atoms with Crippen LogP contribution in [0.1, 0.15) is 43.8 Å². The molecule has 0 atom stereocenters. The molecule has 6 nitrogen and oxygen atoms in total. The Hall–Kier alpha value is -2.80. The van der Waals surface area contributed by atoms with Crippen molar-refractivity contribution in [3.05, 3.63) is 51.5 Å². The van der Waals surface area contributed by atoms with Crippen LogP contribution in [0.3, 0.4) is 0 Å². The molecule has 25 heavy (non-hydrogen) atoms. The Morgan fingerprint density at radius 3 is 2.68 bits per heavy atom. The third-order valence-corrected chi connectivity index (χ3v) is 4.75. The molecule has 0 unspecified atom stereocenters. The van der Waals surface area contributed by atoms with Crippen LogP contribution in [0.4, 0.5) is 5.95 Å². The first-order chi connectivity index (χ1) is 11.9. The molecule has 0 saturated heterocycles. The molecule has 0 aliphatic heterocycles. The Kier molecular flexibility index (Phi) is 4.50. The number of carbonyl (C=O) groups excluding carboxylic acids is 2. The third kappa shape index (κ3) is 3.23. The Bertz CT molecular complexity index is 995. The van der Waals surface area contributed by atoms with Gasteiger partial charge in [-0.05, 0) is 38.5 Å². The number of benzene rings is 1. The quantitative estimate of drug-likeness (QED) is 0.570. The van der Waals surface area contributed by atoms with E-state index in [1.54, 1.807) is 13.0 Å². The van der Waals surface area contributed by atoms with Gasteiger partial charge in [-0.15, -0.1) is 11.3 Å². The fraction of sp³-hybridized carbons (Fsp3) is 0.222. The van der Waals surface area contributed by atoms with Crippen molar-refractivity contribution in [2.45, 2.75) is 20.8 Å². The van der Waals surface area contributed by atoms with Crippen LogP contribution in [0, 0.1) is 13.8 Å². The number of carbonyl (C=O) groups is 2. The summed E-state index contributed by atoms with van der Waals surface area (Å²) in [5.41, 5.74) is 8.35. The molecule has 3 aromatic rings. The zero-order valence-electron chi connectivity index (χ0n) is 14.1. The van der Waals surface area contributed by atoms with Crippen LogP contribution in [0.2, 0.25) is 0 Å². The minimum Gasteiger partial charge on any atom is -0.462 e. The largest absolute Gasteiger partial charge is 0.462 e. The van der Waals surface area contributed by atoms with Crippen molar-refractivity contribution in [3.8, 4) is 0 Å². The Balaban J connectivity index is 2.16. The van der Waals surface area contributed by atoms with Gasteiger partial charge in [-0.25, -0.2) is 14.8 Å². The van der Waals surface area contributed by atoms with Crippen molar-refractivity contribution in [1.82, 2.24) is 9.97 Å². The number of esters is 1. The number of hydrogen-bond donors (Lipinski definition) is 1. The number of nitrogens with zero attached hydrogens (tertiary/aromatic N) is 2. The van der Waals surface area contributed by atoms with E-state index in [0.717, 1.165) is 22.5 Å². The summed E-state index contributed by atoms with van der Waals surface area (Å²) in [6.07, 6.45) is 0. The van der Waals surface area contributed by atoms with Crippen LogP contribution in [-0.4, -0.2) is 28.3 Å². The van der Waals surface area contributed by atoms with Crippen molar-refractivity contribution in [2.24, 2.45) is 0 Å². The van der Waals surface area contributed by atoms with Crippen LogP contribution < -0.4 is 5.73 Å². The summed E-state index contributed by atoms with van der Waals surface area (Å²) in [5, 5.41) is 0.508. The minimum absolute atomic E-state index is 0.00147. The number of ketones is 1. The van der Waals surface area contributed by atoms with Gasteiger partial charge in [-0.3, -0.25) is 4.79 Å². The Morgan fingerprint density at radius 1 is 1.20 bits per heavy atom. The van der Waals surface area contributed by atoms with Gasteiger partial charge < -0.3 is 10.5 Å². The maximum atomic E-state index is 13.0. The van der Waals surface area contributed by atoms with Gasteiger partial charge >= 0.3 is 5.97 Å². The second kappa shape index (κ2) is 6.60. The summed E-state index contributed by atoms with van der Waals surface area (Å²) in [4.78, 5) is 34.1. The van der Waals surface area contributed by atoms with E-state index in [-0.39, 0.29) is 24.0 Å². The van der Waals surface area contributed by atoms with Gasteiger partial charge in [-0.1, -0.05) is 17.7 Å². The van der Waals surface area contributed by atoms with E-state index in [2.05, 4.69) is 9.97 Å². The topological polar surface area (TPSA) is 95.2 Å². The monoisotopic (exact) mass is 355 g/mol. The molecular weight excluding hydrogens is 338 g/mol. The van der Waals surface area contributed by atoms with Gasteiger partial charge in [0, 0.05) is 10.9 Å². The SMILES string of the molecule is CCOC(=O)c1cc2c(C(=O)c3cc(C)ccc3C)nc(N)nc2s1. The average Bonchev–Trinajstić information content (AvgIpc) is 3.00. The van der Waals surface area contributed by atoms with Gasteiger partial charge in [0.15, 0.2) is 0 Å². The van der Waals surface area contributed by atoms with E-state index in [4.69, 9.17) is 10.5 Å². The first-order valence-corrected chi connectivity index (χ1v) is 8.58. The van der Waals surface area contributed by atoms with Gasteiger partial charge in [0.25, 0.3) is 0 Å². The normalized spacial score (nSPS) is 10.8. The lowest BCUT2D eigenvalue weighted by Gasteiger charge is -2.07. The van der Waals surface area contributed by atoms with Crippen molar-refractivity contribution < 1.29 is 14.3 Å². The van der Waals surface area contributed by atoms with Gasteiger partial charge in [0.05, 0.1) is 6.61 Å². The first-order valence-electron chi connectivity index (χ1n) is 7.76. The lowest BCUT2D eigenvalue weighted by Crippen LogP contribution is -2.09. The number of hydrogen-bond acceptors (Lipinski definition) is 7. The standard InChI is InChI=1S/C18H17N3O3S/c1-4-24-17(23)13-8-12-14(20-18(19)21-16(12)25-13)15(22)11-7-9(2)5-6-10(11)3/h5-8H,4H2,1-3H3,(H2,19,20,21). The molecule has 7 heteroatoms. The second-order valence-electron chi connectivity index (χ2n) is 5.63. The predicted molar refractivity (Wildman–Crippen MR) is 97.1 cm³/mol. The van der Waals surface area contributed by atoms with Crippen molar-refractivity contribution in [2.75, 3.05) is 12.3 Å². The van der Waals surface area contributed by atoms with Crippen LogP contribution >= 0.6 is 11.3 Å². The van der Waals surface area contributed by atoms with E-state index < -0.39 is 5.97 Å². The Labute approximate surface area is 148 Å². The van der Waals surface area contributed by atoms with E-state index in [9.17, 15) is 9.59 Å². The van der Waals surface area contributed by atoms with Crippen molar-refractivity contribution in [3.63, 3.8) is 0 Å². The van der Waals surface area contributed by atoms with Crippen LogP contribution in [0.5, 0.6) is 0 Å². The molecule has 0 radical (unpaired) electrons. The summed E-state index contributed by atoms with van der Waals surface area (Å²) >= 11 is 1.14. The number of nitrogens with two attached hydrogens (primary N) is 1. The van der Waals surface area contributed by atoms with Gasteiger partial charge in [0.2, 0.25) is 11.7 Å². The summed E-state index contributed by atoms with van der Waals surface area (Å²) < 4.78 is 5.01. The number of ether oxygens (including phenoxy) is 1. The molecule has 0 bridgehead atoms. The number of aryl methyl sites for hydroxylation is 2. The number of aromatic nitrogens is 2. The van der Waals surface area contributed by atoms with Crippen molar-refractivity contribution in [1.29, 1.82) is 0 Å². The number of thiophene rings is 1. The van der Waals surface area contributed by atoms with E-state index in [1.807, 2.05) is 32.0 Å². The van der Waals surface area contributed by atoms with E-state index >= 15 is 0 Å². The van der Waals surface area contributed by atoms with E-state index in [0.29, 0.717) is 20.7 Å². The zero-order valence-corrected chi connectivity index (χ0v) is 14.9.